The first-order chi connectivity index (χ1) is 14.1. The maximum Gasteiger partial charge on any atom is 0.243 e. The van der Waals surface area contributed by atoms with Crippen molar-refractivity contribution in [3.05, 3.63) is 29.3 Å². The van der Waals surface area contributed by atoms with Crippen LogP contribution in [0.1, 0.15) is 84.0 Å². The molecule has 0 amide bonds. The fourth-order valence-corrected chi connectivity index (χ4v) is 5.87. The first-order valence-electron chi connectivity index (χ1n) is 11.5. The van der Waals surface area contributed by atoms with E-state index in [9.17, 15) is 8.42 Å². The lowest BCUT2D eigenvalue weighted by atomic mass is 10.0. The van der Waals surface area contributed by atoms with Gasteiger partial charge in [0.1, 0.15) is 0 Å². The molecule has 1 heterocycles. The third kappa shape index (κ3) is 8.56. The molecule has 6 heteroatoms. The minimum Gasteiger partial charge on any atom is -0.314 e. The second-order valence-corrected chi connectivity index (χ2v) is 10.6. The van der Waals surface area contributed by atoms with Crippen LogP contribution in [-0.2, 0) is 10.0 Å². The number of benzene rings is 1. The van der Waals surface area contributed by atoms with E-state index in [1.807, 2.05) is 0 Å². The Morgan fingerprint density at radius 2 is 1.48 bits per heavy atom. The van der Waals surface area contributed by atoms with Crippen molar-refractivity contribution < 1.29 is 8.42 Å². The Bertz CT molecular complexity index is 664. The Morgan fingerprint density at radius 3 is 2.07 bits per heavy atom. The predicted octanol–water partition coefficient (Wildman–Crippen LogP) is 6.00. The van der Waals surface area contributed by atoms with Crippen molar-refractivity contribution in [2.24, 2.45) is 0 Å². The van der Waals surface area contributed by atoms with Crippen molar-refractivity contribution in [1.82, 2.24) is 9.62 Å². The topological polar surface area (TPSA) is 49.4 Å². The normalized spacial score (nSPS) is 18.2. The lowest BCUT2D eigenvalue weighted by Crippen LogP contribution is -2.53. The first-order valence-corrected chi connectivity index (χ1v) is 13.4. The van der Waals surface area contributed by atoms with Crippen molar-refractivity contribution in [3.8, 4) is 0 Å². The number of nitrogens with zero attached hydrogens (tertiary/aromatic N) is 1. The highest BCUT2D eigenvalue weighted by atomic mass is 35.5. The molecule has 1 aromatic carbocycles. The molecule has 1 atom stereocenters. The Morgan fingerprint density at radius 1 is 0.931 bits per heavy atom. The fraction of sp³-hybridized carbons (Fsp3) is 0.739. The summed E-state index contributed by atoms with van der Waals surface area (Å²) in [5, 5.41) is 3.92. The van der Waals surface area contributed by atoms with E-state index in [1.54, 1.807) is 28.6 Å². The van der Waals surface area contributed by atoms with Crippen molar-refractivity contribution in [2.75, 3.05) is 19.6 Å². The molecule has 0 aliphatic carbocycles. The SMILES string of the molecule is CCCCCCCCCCCCCC1CNCCN1S(=O)(=O)c1ccc(Cl)cc1. The van der Waals surface area contributed by atoms with E-state index in [0.29, 0.717) is 23.0 Å². The highest BCUT2D eigenvalue weighted by Gasteiger charge is 2.32. The Kier molecular flexibility index (Phi) is 11.6. The summed E-state index contributed by atoms with van der Waals surface area (Å²) < 4.78 is 27.8. The smallest absolute Gasteiger partial charge is 0.243 e. The number of nitrogens with one attached hydrogen (secondary N) is 1. The van der Waals surface area contributed by atoms with Crippen molar-refractivity contribution in [3.63, 3.8) is 0 Å². The van der Waals surface area contributed by atoms with E-state index in [4.69, 9.17) is 11.6 Å². The zero-order chi connectivity index (χ0) is 21.0. The molecule has 1 unspecified atom stereocenters. The van der Waals surface area contributed by atoms with Crippen molar-refractivity contribution >= 4 is 21.6 Å². The second kappa shape index (κ2) is 13.6. The second-order valence-electron chi connectivity index (χ2n) is 8.25. The molecule has 1 saturated heterocycles. The van der Waals surface area contributed by atoms with Gasteiger partial charge in [0.05, 0.1) is 4.90 Å². The monoisotopic (exact) mass is 442 g/mol. The third-order valence-electron chi connectivity index (χ3n) is 5.86. The van der Waals surface area contributed by atoms with Crippen LogP contribution in [0.15, 0.2) is 29.2 Å². The highest BCUT2D eigenvalue weighted by Crippen LogP contribution is 2.24. The maximum absolute atomic E-state index is 13.1. The lowest BCUT2D eigenvalue weighted by Gasteiger charge is -2.35. The van der Waals surface area contributed by atoms with Gasteiger partial charge in [0.25, 0.3) is 0 Å². The van der Waals surface area contributed by atoms with Crippen LogP contribution in [0.25, 0.3) is 0 Å². The number of rotatable bonds is 14. The molecule has 1 aliphatic heterocycles. The summed E-state index contributed by atoms with van der Waals surface area (Å²) in [6, 6.07) is 6.56. The summed E-state index contributed by atoms with van der Waals surface area (Å²) in [6.45, 7) is 4.25. The summed E-state index contributed by atoms with van der Waals surface area (Å²) in [6.07, 6.45) is 15.3. The predicted molar refractivity (Wildman–Crippen MR) is 123 cm³/mol. The quantitative estimate of drug-likeness (QED) is 0.359. The molecule has 1 N–H and O–H groups in total. The highest BCUT2D eigenvalue weighted by molar-refractivity contribution is 7.89. The minimum absolute atomic E-state index is 0.0444. The summed E-state index contributed by atoms with van der Waals surface area (Å²) in [5.41, 5.74) is 0. The number of unbranched alkanes of at least 4 members (excludes halogenated alkanes) is 10. The third-order valence-corrected chi connectivity index (χ3v) is 8.08. The standard InChI is InChI=1S/C23H39ClN2O2S/c1-2-3-4-5-6-7-8-9-10-11-12-13-22-20-25-18-19-26(22)29(27,28)23-16-14-21(24)15-17-23/h14-17,22,25H,2-13,18-20H2,1H3. The molecule has 2 rings (SSSR count). The molecular formula is C23H39ClN2O2S. The zero-order valence-electron chi connectivity index (χ0n) is 18.0. The molecule has 0 aromatic heterocycles. The zero-order valence-corrected chi connectivity index (χ0v) is 19.6. The van der Waals surface area contributed by atoms with Crippen LogP contribution in [0.2, 0.25) is 5.02 Å². The fourth-order valence-electron chi connectivity index (χ4n) is 4.09. The molecular weight excluding hydrogens is 404 g/mol. The van der Waals surface area contributed by atoms with Gasteiger partial charge in [-0.2, -0.15) is 4.31 Å². The molecule has 0 spiro atoms. The summed E-state index contributed by atoms with van der Waals surface area (Å²) in [7, 11) is -3.46. The average Bonchev–Trinajstić information content (AvgIpc) is 2.72. The van der Waals surface area contributed by atoms with Crippen LogP contribution >= 0.6 is 11.6 Å². The van der Waals surface area contributed by atoms with Gasteiger partial charge in [-0.1, -0.05) is 89.2 Å². The summed E-state index contributed by atoms with van der Waals surface area (Å²) in [4.78, 5) is 0.340. The number of sulfonamides is 1. The van der Waals surface area contributed by atoms with Gasteiger partial charge in [-0.3, -0.25) is 0 Å². The molecule has 1 fully saturated rings. The van der Waals surface area contributed by atoms with E-state index in [2.05, 4.69) is 12.2 Å². The molecule has 0 bridgehead atoms. The van der Waals surface area contributed by atoms with Gasteiger partial charge in [0.15, 0.2) is 0 Å². The van der Waals surface area contributed by atoms with Crippen molar-refractivity contribution in [1.29, 1.82) is 0 Å². The summed E-state index contributed by atoms with van der Waals surface area (Å²) >= 11 is 5.92. The molecule has 0 saturated carbocycles. The van der Waals surface area contributed by atoms with Gasteiger partial charge >= 0.3 is 0 Å². The van der Waals surface area contributed by atoms with Crippen LogP contribution in [0, 0.1) is 0 Å². The van der Waals surface area contributed by atoms with Crippen LogP contribution in [0.3, 0.4) is 0 Å². The minimum atomic E-state index is -3.46. The first kappa shape index (κ1) is 24.6. The van der Waals surface area contributed by atoms with E-state index in [0.717, 1.165) is 19.4 Å². The lowest BCUT2D eigenvalue weighted by molar-refractivity contribution is 0.250. The van der Waals surface area contributed by atoms with Gasteiger partial charge in [-0.25, -0.2) is 8.42 Å². The number of hydrogen-bond donors (Lipinski definition) is 1. The van der Waals surface area contributed by atoms with E-state index in [-0.39, 0.29) is 6.04 Å². The van der Waals surface area contributed by atoms with Gasteiger partial charge in [0, 0.05) is 30.7 Å². The number of halogens is 1. The number of piperazine rings is 1. The molecule has 29 heavy (non-hydrogen) atoms. The average molecular weight is 443 g/mol. The van der Waals surface area contributed by atoms with E-state index in [1.165, 1.54) is 64.2 Å². The largest absolute Gasteiger partial charge is 0.314 e. The van der Waals surface area contributed by atoms with Crippen LogP contribution in [0.5, 0.6) is 0 Å². The number of hydrogen-bond acceptors (Lipinski definition) is 3. The van der Waals surface area contributed by atoms with Gasteiger partial charge in [-0.15, -0.1) is 0 Å². The maximum atomic E-state index is 13.1. The molecule has 1 aromatic rings. The van der Waals surface area contributed by atoms with Crippen LogP contribution < -0.4 is 5.32 Å². The molecule has 1 aliphatic rings. The summed E-state index contributed by atoms with van der Waals surface area (Å²) in [5.74, 6) is 0. The Balaban J connectivity index is 1.69. The van der Waals surface area contributed by atoms with Gasteiger partial charge in [0.2, 0.25) is 10.0 Å². The van der Waals surface area contributed by atoms with Gasteiger partial charge < -0.3 is 5.32 Å². The Hall–Kier alpha value is -0.620. The van der Waals surface area contributed by atoms with Crippen molar-refractivity contribution in [2.45, 2.75) is 94.9 Å². The van der Waals surface area contributed by atoms with Gasteiger partial charge in [-0.05, 0) is 30.7 Å². The van der Waals surface area contributed by atoms with Crippen LogP contribution in [0.4, 0.5) is 0 Å². The molecule has 166 valence electrons. The molecule has 0 radical (unpaired) electrons. The van der Waals surface area contributed by atoms with E-state index < -0.39 is 10.0 Å². The molecule has 4 nitrogen and oxygen atoms in total. The van der Waals surface area contributed by atoms with Crippen LogP contribution in [-0.4, -0.2) is 38.4 Å². The van der Waals surface area contributed by atoms with E-state index >= 15 is 0 Å². The Labute approximate surface area is 183 Å².